The van der Waals surface area contributed by atoms with Crippen LogP contribution in [0, 0.1) is 0 Å². The van der Waals surface area contributed by atoms with Gasteiger partial charge >= 0.3 is 5.97 Å². The van der Waals surface area contributed by atoms with E-state index in [9.17, 15) is 14.7 Å². The van der Waals surface area contributed by atoms with Gasteiger partial charge in [0.15, 0.2) is 11.5 Å². The molecule has 1 unspecified atom stereocenters. The lowest BCUT2D eigenvalue weighted by molar-refractivity contribution is -0.144. The van der Waals surface area contributed by atoms with E-state index in [-0.39, 0.29) is 0 Å². The van der Waals surface area contributed by atoms with Crippen LogP contribution in [0.3, 0.4) is 0 Å². The first kappa shape index (κ1) is 18.5. The molecule has 126 valence electrons. The Morgan fingerprint density at radius 1 is 1.39 bits per heavy atom. The van der Waals surface area contributed by atoms with Gasteiger partial charge in [0.2, 0.25) is 0 Å². The fourth-order valence-corrected chi connectivity index (χ4v) is 2.12. The second-order valence-electron chi connectivity index (χ2n) is 5.31. The van der Waals surface area contributed by atoms with Gasteiger partial charge in [0, 0.05) is 5.56 Å². The average Bonchev–Trinajstić information content (AvgIpc) is 2.52. The van der Waals surface area contributed by atoms with Crippen molar-refractivity contribution < 1.29 is 24.2 Å². The summed E-state index contributed by atoms with van der Waals surface area (Å²) in [6.07, 6.45) is 2.58. The Balaban J connectivity index is 2.99. The van der Waals surface area contributed by atoms with Crippen LogP contribution < -0.4 is 14.8 Å². The van der Waals surface area contributed by atoms with Crippen LogP contribution in [0.25, 0.3) is 0 Å². The molecule has 1 amide bonds. The SMILES string of the molecule is C=CCOc1ccc(C(=O)NC(C)(CCC)C(=O)O)cc1OC. The zero-order valence-electron chi connectivity index (χ0n) is 13.7. The highest BCUT2D eigenvalue weighted by atomic mass is 16.5. The predicted octanol–water partition coefficient (Wildman–Crippen LogP) is 2.63. The molecule has 6 nitrogen and oxygen atoms in total. The Morgan fingerprint density at radius 2 is 2.09 bits per heavy atom. The molecule has 23 heavy (non-hydrogen) atoms. The molecule has 1 rings (SSSR count). The average molecular weight is 321 g/mol. The molecule has 0 fully saturated rings. The van der Waals surface area contributed by atoms with Crippen LogP contribution in [0.1, 0.15) is 37.0 Å². The van der Waals surface area contributed by atoms with Crippen molar-refractivity contribution in [3.63, 3.8) is 0 Å². The van der Waals surface area contributed by atoms with Crippen molar-refractivity contribution in [1.29, 1.82) is 0 Å². The largest absolute Gasteiger partial charge is 0.493 e. The quantitative estimate of drug-likeness (QED) is 0.683. The number of hydrogen-bond donors (Lipinski definition) is 2. The second kappa shape index (κ2) is 8.22. The van der Waals surface area contributed by atoms with E-state index in [0.29, 0.717) is 36.5 Å². The van der Waals surface area contributed by atoms with Crippen molar-refractivity contribution in [3.8, 4) is 11.5 Å². The lowest BCUT2D eigenvalue weighted by Crippen LogP contribution is -2.52. The Kier molecular flexibility index (Phi) is 6.63. The molecule has 0 aliphatic rings. The minimum absolute atomic E-state index is 0.302. The summed E-state index contributed by atoms with van der Waals surface area (Å²) >= 11 is 0. The van der Waals surface area contributed by atoms with Crippen LogP contribution in [0.4, 0.5) is 0 Å². The molecule has 2 N–H and O–H groups in total. The number of carbonyl (C=O) groups excluding carboxylic acids is 1. The lowest BCUT2D eigenvalue weighted by Gasteiger charge is -2.26. The molecule has 0 radical (unpaired) electrons. The molecule has 6 heteroatoms. The number of nitrogens with one attached hydrogen (secondary N) is 1. The third-order valence-electron chi connectivity index (χ3n) is 3.39. The van der Waals surface area contributed by atoms with E-state index in [1.807, 2.05) is 6.92 Å². The number of rotatable bonds is 9. The summed E-state index contributed by atoms with van der Waals surface area (Å²) < 4.78 is 10.6. The molecule has 1 aromatic carbocycles. The van der Waals surface area contributed by atoms with Crippen molar-refractivity contribution in [1.82, 2.24) is 5.32 Å². The number of aliphatic carboxylic acids is 1. The molecule has 0 spiro atoms. The van der Waals surface area contributed by atoms with Crippen LogP contribution in [0.15, 0.2) is 30.9 Å². The molecule has 0 aliphatic carbocycles. The summed E-state index contributed by atoms with van der Waals surface area (Å²) in [6, 6.07) is 4.68. The highest BCUT2D eigenvalue weighted by Gasteiger charge is 2.34. The number of ether oxygens (including phenoxy) is 2. The molecule has 0 saturated heterocycles. The number of carboxylic acids is 1. The Morgan fingerprint density at radius 3 is 2.61 bits per heavy atom. The van der Waals surface area contributed by atoms with E-state index in [1.165, 1.54) is 20.1 Å². The van der Waals surface area contributed by atoms with Gasteiger partial charge in [0.25, 0.3) is 5.91 Å². The maximum atomic E-state index is 12.3. The number of hydrogen-bond acceptors (Lipinski definition) is 4. The smallest absolute Gasteiger partial charge is 0.329 e. The van der Waals surface area contributed by atoms with Gasteiger partial charge in [-0.15, -0.1) is 0 Å². The van der Waals surface area contributed by atoms with Crippen LogP contribution in [0.2, 0.25) is 0 Å². The van der Waals surface area contributed by atoms with E-state index in [4.69, 9.17) is 9.47 Å². The van der Waals surface area contributed by atoms with E-state index >= 15 is 0 Å². The van der Waals surface area contributed by atoms with E-state index in [0.717, 1.165) is 0 Å². The minimum Gasteiger partial charge on any atom is -0.493 e. The zero-order valence-corrected chi connectivity index (χ0v) is 13.7. The normalized spacial score (nSPS) is 12.8. The molecular weight excluding hydrogens is 298 g/mol. The van der Waals surface area contributed by atoms with Crippen molar-refractivity contribution in [2.45, 2.75) is 32.2 Å². The van der Waals surface area contributed by atoms with Crippen LogP contribution in [-0.2, 0) is 4.79 Å². The molecule has 1 atom stereocenters. The number of carboxylic acid groups (broad SMARTS) is 1. The van der Waals surface area contributed by atoms with Crippen LogP contribution in [0.5, 0.6) is 11.5 Å². The minimum atomic E-state index is -1.31. The van der Waals surface area contributed by atoms with E-state index in [1.54, 1.807) is 18.2 Å². The summed E-state index contributed by atoms with van der Waals surface area (Å²) in [5, 5.41) is 11.9. The van der Waals surface area contributed by atoms with Gasteiger partial charge in [-0.2, -0.15) is 0 Å². The monoisotopic (exact) mass is 321 g/mol. The van der Waals surface area contributed by atoms with Gasteiger partial charge in [0.1, 0.15) is 12.1 Å². The number of benzene rings is 1. The highest BCUT2D eigenvalue weighted by Crippen LogP contribution is 2.28. The first-order valence-corrected chi connectivity index (χ1v) is 7.35. The van der Waals surface area contributed by atoms with Crippen LogP contribution in [-0.4, -0.2) is 36.2 Å². The van der Waals surface area contributed by atoms with E-state index in [2.05, 4.69) is 11.9 Å². The molecular formula is C17H23NO5. The maximum Gasteiger partial charge on any atom is 0.329 e. The van der Waals surface area contributed by atoms with Gasteiger partial charge in [-0.25, -0.2) is 4.79 Å². The molecule has 0 heterocycles. The predicted molar refractivity (Wildman–Crippen MR) is 87.1 cm³/mol. The maximum absolute atomic E-state index is 12.3. The molecule has 0 saturated carbocycles. The summed E-state index contributed by atoms with van der Waals surface area (Å²) in [5.74, 6) is -0.659. The first-order chi connectivity index (χ1) is 10.9. The van der Waals surface area contributed by atoms with Crippen molar-refractivity contribution in [3.05, 3.63) is 36.4 Å². The molecule has 1 aromatic rings. The topological polar surface area (TPSA) is 84.9 Å². The van der Waals surface area contributed by atoms with Gasteiger partial charge in [-0.05, 0) is 31.5 Å². The first-order valence-electron chi connectivity index (χ1n) is 7.35. The highest BCUT2D eigenvalue weighted by molar-refractivity contribution is 5.98. The third-order valence-corrected chi connectivity index (χ3v) is 3.39. The van der Waals surface area contributed by atoms with Crippen LogP contribution >= 0.6 is 0 Å². The summed E-state index contributed by atoms with van der Waals surface area (Å²) in [7, 11) is 1.47. The number of amides is 1. The number of methoxy groups -OCH3 is 1. The Labute approximate surface area is 136 Å². The summed E-state index contributed by atoms with van der Waals surface area (Å²) in [5.41, 5.74) is -1.01. The van der Waals surface area contributed by atoms with Gasteiger partial charge in [-0.1, -0.05) is 26.0 Å². The molecule has 0 aliphatic heterocycles. The fourth-order valence-electron chi connectivity index (χ4n) is 2.12. The zero-order chi connectivity index (χ0) is 17.5. The lowest BCUT2D eigenvalue weighted by atomic mass is 9.95. The third kappa shape index (κ3) is 4.74. The molecule has 0 bridgehead atoms. The summed E-state index contributed by atoms with van der Waals surface area (Å²) in [6.45, 7) is 7.24. The van der Waals surface area contributed by atoms with Gasteiger partial charge in [-0.3, -0.25) is 4.79 Å². The van der Waals surface area contributed by atoms with E-state index < -0.39 is 17.4 Å². The van der Waals surface area contributed by atoms with Crippen molar-refractivity contribution in [2.24, 2.45) is 0 Å². The van der Waals surface area contributed by atoms with Crippen molar-refractivity contribution >= 4 is 11.9 Å². The Bertz CT molecular complexity index is 584. The van der Waals surface area contributed by atoms with Gasteiger partial charge in [0.05, 0.1) is 7.11 Å². The second-order valence-corrected chi connectivity index (χ2v) is 5.31. The molecule has 0 aromatic heterocycles. The Hall–Kier alpha value is -2.50. The number of carbonyl (C=O) groups is 2. The van der Waals surface area contributed by atoms with Gasteiger partial charge < -0.3 is 19.9 Å². The fraction of sp³-hybridized carbons (Fsp3) is 0.412. The standard InChI is InChI=1S/C17H23NO5/c1-5-9-17(3,16(20)21)18-15(19)12-7-8-13(23-10-6-2)14(11-12)22-4/h6-8,11H,2,5,9-10H2,1,3-4H3,(H,18,19)(H,20,21). The van der Waals surface area contributed by atoms with Crippen molar-refractivity contribution in [2.75, 3.05) is 13.7 Å². The summed E-state index contributed by atoms with van der Waals surface area (Å²) in [4.78, 5) is 23.8.